The van der Waals surface area contributed by atoms with Gasteiger partial charge >= 0.3 is 0 Å². The Kier molecular flexibility index (Phi) is 2.25. The van der Waals surface area contributed by atoms with Gasteiger partial charge in [0.15, 0.2) is 5.96 Å². The molecule has 2 bridgehead atoms. The van der Waals surface area contributed by atoms with Gasteiger partial charge in [0, 0.05) is 13.1 Å². The minimum absolute atomic E-state index is 0.350. The minimum Gasteiger partial charge on any atom is -0.370 e. The molecule has 0 amide bonds. The summed E-state index contributed by atoms with van der Waals surface area (Å²) < 4.78 is 0. The summed E-state index contributed by atoms with van der Waals surface area (Å²) in [6.07, 6.45) is 4.05. The van der Waals surface area contributed by atoms with E-state index in [1.807, 2.05) is 0 Å². The first-order valence-corrected chi connectivity index (χ1v) is 5.89. The molecule has 2 aliphatic rings. The SMILES string of the molecule is CN=C(N)NC1C2(C)CCC(C2)C1(C)C. The molecule has 2 aliphatic carbocycles. The summed E-state index contributed by atoms with van der Waals surface area (Å²) in [4.78, 5) is 4.02. The van der Waals surface area contributed by atoms with Gasteiger partial charge < -0.3 is 11.1 Å². The standard InChI is InChI=1S/C12H23N3/c1-11(2)8-5-6-12(3,7-8)9(11)15-10(13)14-4/h8-9H,5-7H2,1-4H3,(H3,13,14,15). The van der Waals surface area contributed by atoms with Gasteiger partial charge in [-0.05, 0) is 36.0 Å². The van der Waals surface area contributed by atoms with Gasteiger partial charge in [0.2, 0.25) is 0 Å². The molecule has 0 spiro atoms. The molecular formula is C12H23N3. The number of nitrogens with zero attached hydrogens (tertiary/aromatic N) is 1. The van der Waals surface area contributed by atoms with Gasteiger partial charge in [-0.25, -0.2) is 0 Å². The first-order valence-electron chi connectivity index (χ1n) is 5.89. The second kappa shape index (κ2) is 3.13. The maximum absolute atomic E-state index is 5.80. The molecule has 2 fully saturated rings. The molecule has 0 saturated heterocycles. The molecule has 0 radical (unpaired) electrons. The van der Waals surface area contributed by atoms with Gasteiger partial charge in [0.1, 0.15) is 0 Å². The number of rotatable bonds is 1. The molecule has 0 aromatic rings. The Labute approximate surface area is 92.5 Å². The lowest BCUT2D eigenvalue weighted by molar-refractivity contribution is 0.125. The molecular weight excluding hydrogens is 186 g/mol. The molecule has 3 atom stereocenters. The smallest absolute Gasteiger partial charge is 0.188 e. The van der Waals surface area contributed by atoms with Crippen molar-refractivity contribution in [2.75, 3.05) is 7.05 Å². The van der Waals surface area contributed by atoms with Crippen LogP contribution >= 0.6 is 0 Å². The number of nitrogens with one attached hydrogen (secondary N) is 1. The van der Waals surface area contributed by atoms with Crippen LogP contribution in [0.2, 0.25) is 0 Å². The highest BCUT2D eigenvalue weighted by Gasteiger charge is 2.59. The van der Waals surface area contributed by atoms with Crippen LogP contribution in [0.5, 0.6) is 0 Å². The molecule has 3 N–H and O–H groups in total. The quantitative estimate of drug-likeness (QED) is 0.510. The third-order valence-corrected chi connectivity index (χ3v) is 4.80. The van der Waals surface area contributed by atoms with E-state index in [0.29, 0.717) is 22.8 Å². The van der Waals surface area contributed by atoms with E-state index in [9.17, 15) is 0 Å². The topological polar surface area (TPSA) is 50.4 Å². The number of guanidine groups is 1. The largest absolute Gasteiger partial charge is 0.370 e. The third kappa shape index (κ3) is 1.44. The number of hydrogen-bond donors (Lipinski definition) is 2. The molecule has 0 heterocycles. The maximum Gasteiger partial charge on any atom is 0.188 e. The van der Waals surface area contributed by atoms with Crippen LogP contribution in [-0.2, 0) is 0 Å². The summed E-state index contributed by atoms with van der Waals surface area (Å²) in [6, 6.07) is 0.479. The van der Waals surface area contributed by atoms with Crippen molar-refractivity contribution in [2.24, 2.45) is 27.5 Å². The highest BCUT2D eigenvalue weighted by atomic mass is 15.1. The number of fused-ring (bicyclic) bond motifs is 2. The van der Waals surface area contributed by atoms with Gasteiger partial charge in [-0.15, -0.1) is 0 Å². The zero-order valence-corrected chi connectivity index (χ0v) is 10.3. The van der Waals surface area contributed by atoms with Gasteiger partial charge in [-0.1, -0.05) is 20.8 Å². The summed E-state index contributed by atoms with van der Waals surface area (Å²) in [5.74, 6) is 1.44. The predicted octanol–water partition coefficient (Wildman–Crippen LogP) is 1.74. The molecule has 3 nitrogen and oxygen atoms in total. The molecule has 0 aromatic heterocycles. The number of aliphatic imine (C=N–C) groups is 1. The second-order valence-corrected chi connectivity index (χ2v) is 6.10. The fourth-order valence-corrected chi connectivity index (χ4v) is 3.87. The van der Waals surface area contributed by atoms with Crippen molar-refractivity contribution in [3.63, 3.8) is 0 Å². The Morgan fingerprint density at radius 1 is 1.40 bits per heavy atom. The predicted molar refractivity (Wildman–Crippen MR) is 63.7 cm³/mol. The van der Waals surface area contributed by atoms with Crippen LogP contribution in [-0.4, -0.2) is 19.0 Å². The first kappa shape index (κ1) is 10.8. The Bertz CT molecular complexity index is 290. The van der Waals surface area contributed by atoms with E-state index in [2.05, 4.69) is 31.1 Å². The third-order valence-electron chi connectivity index (χ3n) is 4.80. The summed E-state index contributed by atoms with van der Waals surface area (Å²) >= 11 is 0. The highest BCUT2D eigenvalue weighted by Crippen LogP contribution is 2.62. The lowest BCUT2D eigenvalue weighted by Gasteiger charge is -2.43. The Morgan fingerprint density at radius 3 is 2.53 bits per heavy atom. The van der Waals surface area contributed by atoms with E-state index in [1.165, 1.54) is 19.3 Å². The number of nitrogens with two attached hydrogens (primary N) is 1. The zero-order chi connectivity index (χ0) is 11.3. The Balaban J connectivity index is 2.23. The fraction of sp³-hybridized carbons (Fsp3) is 0.917. The highest BCUT2D eigenvalue weighted by molar-refractivity contribution is 5.78. The van der Waals surface area contributed by atoms with E-state index in [0.717, 1.165) is 5.92 Å². The van der Waals surface area contributed by atoms with Crippen molar-refractivity contribution in [1.82, 2.24) is 5.32 Å². The van der Waals surface area contributed by atoms with E-state index in [1.54, 1.807) is 7.05 Å². The van der Waals surface area contributed by atoms with Crippen molar-refractivity contribution >= 4 is 5.96 Å². The van der Waals surface area contributed by atoms with E-state index in [4.69, 9.17) is 5.73 Å². The van der Waals surface area contributed by atoms with Gasteiger partial charge in [0.05, 0.1) is 0 Å². The molecule has 86 valence electrons. The van der Waals surface area contributed by atoms with Gasteiger partial charge in [-0.2, -0.15) is 0 Å². The second-order valence-electron chi connectivity index (χ2n) is 6.10. The van der Waals surface area contributed by atoms with Gasteiger partial charge in [0.25, 0.3) is 0 Å². The summed E-state index contributed by atoms with van der Waals surface area (Å²) in [6.45, 7) is 7.12. The Hall–Kier alpha value is -0.730. The molecule has 3 heteroatoms. The Morgan fingerprint density at radius 2 is 2.07 bits per heavy atom. The van der Waals surface area contributed by atoms with Crippen LogP contribution in [0.1, 0.15) is 40.0 Å². The molecule has 2 saturated carbocycles. The average molecular weight is 209 g/mol. The molecule has 0 aromatic carbocycles. The van der Waals surface area contributed by atoms with Crippen molar-refractivity contribution < 1.29 is 0 Å². The van der Waals surface area contributed by atoms with Crippen LogP contribution in [0, 0.1) is 16.7 Å². The normalized spacial score (nSPS) is 43.3. The van der Waals surface area contributed by atoms with Crippen molar-refractivity contribution in [3.05, 3.63) is 0 Å². The van der Waals surface area contributed by atoms with Gasteiger partial charge in [-0.3, -0.25) is 4.99 Å². The van der Waals surface area contributed by atoms with Crippen LogP contribution in [0.15, 0.2) is 4.99 Å². The zero-order valence-electron chi connectivity index (χ0n) is 10.3. The first-order chi connectivity index (χ1) is 6.90. The summed E-state index contributed by atoms with van der Waals surface area (Å²) in [5, 5.41) is 3.42. The van der Waals surface area contributed by atoms with Crippen molar-refractivity contribution in [3.8, 4) is 0 Å². The molecule has 2 rings (SSSR count). The molecule has 15 heavy (non-hydrogen) atoms. The molecule has 3 unspecified atom stereocenters. The monoisotopic (exact) mass is 209 g/mol. The number of hydrogen-bond acceptors (Lipinski definition) is 1. The average Bonchev–Trinajstić information content (AvgIpc) is 2.63. The summed E-state index contributed by atoms with van der Waals surface area (Å²) in [7, 11) is 1.74. The van der Waals surface area contributed by atoms with Crippen molar-refractivity contribution in [2.45, 2.75) is 46.1 Å². The minimum atomic E-state index is 0.350. The van der Waals surface area contributed by atoms with E-state index >= 15 is 0 Å². The van der Waals surface area contributed by atoms with E-state index in [-0.39, 0.29) is 0 Å². The van der Waals surface area contributed by atoms with Crippen LogP contribution < -0.4 is 11.1 Å². The molecule has 0 aliphatic heterocycles. The van der Waals surface area contributed by atoms with Crippen molar-refractivity contribution in [1.29, 1.82) is 0 Å². The lowest BCUT2D eigenvalue weighted by Crippen LogP contribution is -2.54. The van der Waals surface area contributed by atoms with Crippen LogP contribution in [0.3, 0.4) is 0 Å². The lowest BCUT2D eigenvalue weighted by atomic mass is 9.68. The fourth-order valence-electron chi connectivity index (χ4n) is 3.87. The van der Waals surface area contributed by atoms with E-state index < -0.39 is 0 Å². The van der Waals surface area contributed by atoms with Crippen LogP contribution in [0.25, 0.3) is 0 Å². The van der Waals surface area contributed by atoms with Crippen LogP contribution in [0.4, 0.5) is 0 Å². The maximum atomic E-state index is 5.80. The summed E-state index contributed by atoms with van der Waals surface area (Å²) in [5.41, 5.74) is 6.57.